The molecule has 0 saturated carbocycles. The fourth-order valence-corrected chi connectivity index (χ4v) is 4.06. The summed E-state index contributed by atoms with van der Waals surface area (Å²) in [5, 5.41) is 14.3. The molecule has 0 unspecified atom stereocenters. The molecule has 8 nitrogen and oxygen atoms in total. The van der Waals surface area contributed by atoms with Crippen LogP contribution in [0.25, 0.3) is 10.8 Å². The number of hydrogen-bond acceptors (Lipinski definition) is 6. The second-order valence-corrected chi connectivity index (χ2v) is 8.91. The van der Waals surface area contributed by atoms with Gasteiger partial charge in [-0.3, -0.25) is 4.79 Å². The second kappa shape index (κ2) is 10.9. The zero-order chi connectivity index (χ0) is 27.4. The number of anilines is 2. The number of carbonyl (C=O) groups excluding carboxylic acids is 2. The van der Waals surface area contributed by atoms with Crippen molar-refractivity contribution in [3.63, 3.8) is 0 Å². The van der Waals surface area contributed by atoms with Gasteiger partial charge in [0.15, 0.2) is 0 Å². The molecule has 0 aliphatic heterocycles. The number of benzene rings is 4. The van der Waals surface area contributed by atoms with Crippen molar-refractivity contribution < 1.29 is 28.6 Å². The Hall–Kier alpha value is -5.37. The molecule has 0 fully saturated rings. The van der Waals surface area contributed by atoms with Gasteiger partial charge in [0.05, 0.1) is 12.1 Å². The number of hydrogen-bond donors (Lipinski definition) is 2. The third-order valence-electron chi connectivity index (χ3n) is 6.07. The molecule has 2 N–H and O–H groups in total. The molecule has 1 heterocycles. The minimum atomic E-state index is -1.06. The molecule has 1 amide bonds. The van der Waals surface area contributed by atoms with Gasteiger partial charge in [0.1, 0.15) is 11.5 Å². The van der Waals surface area contributed by atoms with Crippen molar-refractivity contribution in [1.82, 2.24) is 4.90 Å². The Kier molecular flexibility index (Phi) is 7.09. The van der Waals surface area contributed by atoms with Crippen LogP contribution in [0.3, 0.4) is 0 Å². The molecule has 0 spiro atoms. The first kappa shape index (κ1) is 25.3. The van der Waals surface area contributed by atoms with Crippen molar-refractivity contribution >= 4 is 40.0 Å². The van der Waals surface area contributed by atoms with Gasteiger partial charge in [0.25, 0.3) is 5.91 Å². The predicted molar refractivity (Wildman–Crippen MR) is 147 cm³/mol. The monoisotopic (exact) mass is 520 g/mol. The summed E-state index contributed by atoms with van der Waals surface area (Å²) in [5.41, 5.74) is 2.38. The first-order chi connectivity index (χ1) is 18.9. The Bertz CT molecular complexity index is 1660. The fourth-order valence-electron chi connectivity index (χ4n) is 4.06. The molecule has 194 valence electrons. The first-order valence-electron chi connectivity index (χ1n) is 12.1. The molecule has 5 rings (SSSR count). The molecular weight excluding hydrogens is 496 g/mol. The van der Waals surface area contributed by atoms with E-state index >= 15 is 0 Å². The van der Waals surface area contributed by atoms with Crippen LogP contribution < -0.4 is 10.1 Å². The summed E-state index contributed by atoms with van der Waals surface area (Å²) in [7, 11) is 1.59. The van der Waals surface area contributed by atoms with Crippen LogP contribution in [0.1, 0.15) is 37.0 Å². The van der Waals surface area contributed by atoms with Crippen LogP contribution in [0.4, 0.5) is 11.4 Å². The molecule has 0 radical (unpaired) electrons. The fraction of sp³-hybridized carbons (Fsp3) is 0.0645. The molecule has 39 heavy (non-hydrogen) atoms. The highest BCUT2D eigenvalue weighted by molar-refractivity contribution is 5.96. The average molecular weight is 521 g/mol. The zero-order valence-electron chi connectivity index (χ0n) is 21.0. The van der Waals surface area contributed by atoms with Gasteiger partial charge in [-0.15, -0.1) is 0 Å². The molecule has 0 atom stereocenters. The van der Waals surface area contributed by atoms with Crippen LogP contribution in [0.5, 0.6) is 5.75 Å². The molecule has 1 aromatic heterocycles. The lowest BCUT2D eigenvalue weighted by atomic mass is 10.1. The third kappa shape index (κ3) is 5.97. The first-order valence-corrected chi connectivity index (χ1v) is 12.1. The van der Waals surface area contributed by atoms with Gasteiger partial charge in [0, 0.05) is 24.0 Å². The molecule has 0 aliphatic rings. The summed E-state index contributed by atoms with van der Waals surface area (Å²) in [5.74, 6) is -1.24. The molecule has 0 bridgehead atoms. The van der Waals surface area contributed by atoms with Crippen LogP contribution in [-0.4, -0.2) is 34.9 Å². The van der Waals surface area contributed by atoms with E-state index in [0.717, 1.165) is 22.1 Å². The lowest BCUT2D eigenvalue weighted by molar-refractivity contribution is 0.0684. The Balaban J connectivity index is 1.21. The normalized spacial score (nSPS) is 10.7. The predicted octanol–water partition coefficient (Wildman–Crippen LogP) is 6.37. The maximum absolute atomic E-state index is 12.7. The van der Waals surface area contributed by atoms with Crippen molar-refractivity contribution in [3.8, 4) is 5.75 Å². The van der Waals surface area contributed by atoms with Crippen LogP contribution in [0.15, 0.2) is 108 Å². The van der Waals surface area contributed by atoms with Gasteiger partial charge in [-0.2, -0.15) is 0 Å². The number of carboxylic acids is 1. The number of amides is 1. The summed E-state index contributed by atoms with van der Waals surface area (Å²) in [6, 6.07) is 29.9. The van der Waals surface area contributed by atoms with Gasteiger partial charge in [-0.05, 0) is 83.6 Å². The summed E-state index contributed by atoms with van der Waals surface area (Å²) < 4.78 is 11.2. The number of ether oxygens (including phenoxy) is 1. The average Bonchev–Trinajstić information content (AvgIpc) is 3.42. The molecule has 4 aromatic carbocycles. The number of esters is 1. The van der Waals surface area contributed by atoms with Crippen LogP contribution in [-0.2, 0) is 6.54 Å². The van der Waals surface area contributed by atoms with Crippen LogP contribution in [0, 0.1) is 0 Å². The molecule has 0 saturated heterocycles. The van der Waals surface area contributed by atoms with E-state index in [1.165, 1.54) is 35.2 Å². The SMILES string of the molecule is CN(Cc1ccc(C(=O)Oc2ccc3cc(Nc4ccccc4)ccc3c2)o1)C(=O)c1ccc(C(=O)O)cc1. The van der Waals surface area contributed by atoms with Crippen molar-refractivity contribution in [1.29, 1.82) is 0 Å². The molecular formula is C31H24N2O6. The van der Waals surface area contributed by atoms with Gasteiger partial charge in [-0.25, -0.2) is 9.59 Å². The van der Waals surface area contributed by atoms with Gasteiger partial charge in [-0.1, -0.05) is 30.3 Å². The largest absolute Gasteiger partial charge is 0.478 e. The van der Waals surface area contributed by atoms with E-state index in [9.17, 15) is 14.4 Å². The second-order valence-electron chi connectivity index (χ2n) is 8.91. The van der Waals surface area contributed by atoms with E-state index in [1.807, 2.05) is 54.6 Å². The molecule has 0 aliphatic carbocycles. The van der Waals surface area contributed by atoms with E-state index < -0.39 is 11.9 Å². The number of carbonyl (C=O) groups is 3. The quantitative estimate of drug-likeness (QED) is 0.181. The molecule has 8 heteroatoms. The highest BCUT2D eigenvalue weighted by Gasteiger charge is 2.18. The number of nitrogens with one attached hydrogen (secondary N) is 1. The van der Waals surface area contributed by atoms with Crippen molar-refractivity contribution in [3.05, 3.63) is 126 Å². The summed E-state index contributed by atoms with van der Waals surface area (Å²) in [6.45, 7) is 0.113. The van der Waals surface area contributed by atoms with Crippen LogP contribution >= 0.6 is 0 Å². The standard InChI is InChI=1S/C31H24N2O6/c1-33(29(34)20-7-9-21(10-8-20)30(35)36)19-27-15-16-28(38-27)31(37)39-26-14-12-22-17-25(13-11-23(22)18-26)32-24-5-3-2-4-6-24/h2-18,32H,19H2,1H3,(H,35,36). The van der Waals surface area contributed by atoms with E-state index in [4.69, 9.17) is 14.3 Å². The maximum Gasteiger partial charge on any atom is 0.379 e. The summed E-state index contributed by atoms with van der Waals surface area (Å²) >= 11 is 0. The Morgan fingerprint density at radius 2 is 1.49 bits per heavy atom. The van der Waals surface area contributed by atoms with Crippen molar-refractivity contribution in [2.45, 2.75) is 6.54 Å². The lowest BCUT2D eigenvalue weighted by Gasteiger charge is -2.15. The van der Waals surface area contributed by atoms with E-state index in [0.29, 0.717) is 17.1 Å². The number of rotatable bonds is 8. The van der Waals surface area contributed by atoms with Gasteiger partial charge < -0.3 is 24.5 Å². The minimum absolute atomic E-state index is 0.0131. The lowest BCUT2D eigenvalue weighted by Crippen LogP contribution is -2.26. The Morgan fingerprint density at radius 1 is 0.795 bits per heavy atom. The highest BCUT2D eigenvalue weighted by atomic mass is 16.5. The number of carboxylic acid groups (broad SMARTS) is 1. The zero-order valence-corrected chi connectivity index (χ0v) is 21.0. The van der Waals surface area contributed by atoms with Gasteiger partial charge >= 0.3 is 11.9 Å². The topological polar surface area (TPSA) is 109 Å². The van der Waals surface area contributed by atoms with Gasteiger partial charge in [0.2, 0.25) is 5.76 Å². The number of fused-ring (bicyclic) bond motifs is 1. The van der Waals surface area contributed by atoms with Crippen molar-refractivity contribution in [2.24, 2.45) is 0 Å². The van der Waals surface area contributed by atoms with Crippen LogP contribution in [0.2, 0.25) is 0 Å². The third-order valence-corrected chi connectivity index (χ3v) is 6.07. The molecule has 5 aromatic rings. The summed E-state index contributed by atoms with van der Waals surface area (Å²) in [4.78, 5) is 37.8. The Labute approximate surface area is 224 Å². The smallest absolute Gasteiger partial charge is 0.379 e. The minimum Gasteiger partial charge on any atom is -0.478 e. The summed E-state index contributed by atoms with van der Waals surface area (Å²) in [6.07, 6.45) is 0. The highest BCUT2D eigenvalue weighted by Crippen LogP contribution is 2.26. The van der Waals surface area contributed by atoms with E-state index in [2.05, 4.69) is 5.32 Å². The van der Waals surface area contributed by atoms with E-state index in [-0.39, 0.29) is 23.8 Å². The number of aromatic carboxylic acids is 1. The number of nitrogens with zero attached hydrogens (tertiary/aromatic N) is 1. The van der Waals surface area contributed by atoms with Crippen molar-refractivity contribution in [2.75, 3.05) is 12.4 Å². The van der Waals surface area contributed by atoms with E-state index in [1.54, 1.807) is 25.2 Å². The Morgan fingerprint density at radius 3 is 2.23 bits per heavy atom. The maximum atomic E-state index is 12.7. The number of furan rings is 1. The number of para-hydroxylation sites is 1.